The molecule has 0 saturated carbocycles. The number of rotatable bonds is 3. The van der Waals surface area contributed by atoms with Crippen LogP contribution >= 0.6 is 0 Å². The number of hydrogen-bond acceptors (Lipinski definition) is 6. The lowest BCUT2D eigenvalue weighted by molar-refractivity contribution is 0.204. The first-order valence-corrected chi connectivity index (χ1v) is 8.62. The summed E-state index contributed by atoms with van der Waals surface area (Å²) in [7, 11) is -3.20. The van der Waals surface area contributed by atoms with Crippen molar-refractivity contribution < 1.29 is 8.42 Å². The predicted molar refractivity (Wildman–Crippen MR) is 83.6 cm³/mol. The van der Waals surface area contributed by atoms with Gasteiger partial charge in [0.1, 0.15) is 18.0 Å². The molecule has 1 aliphatic heterocycles. The molecule has 1 saturated heterocycles. The van der Waals surface area contributed by atoms with E-state index >= 15 is 0 Å². The Morgan fingerprint density at radius 2 is 2.00 bits per heavy atom. The van der Waals surface area contributed by atoms with Gasteiger partial charge in [-0.15, -0.1) is 0 Å². The second kappa shape index (κ2) is 5.42. The first-order chi connectivity index (χ1) is 9.69. The summed E-state index contributed by atoms with van der Waals surface area (Å²) < 4.78 is 26.0. The first-order valence-electron chi connectivity index (χ1n) is 7.01. The average Bonchev–Trinajstić information content (AvgIpc) is 2.40. The SMILES string of the molecule is CCS(=O)(=O)N1CCN(c2ncnc(N)c2C)CC1(C)C. The minimum absolute atomic E-state index is 0.121. The van der Waals surface area contributed by atoms with Gasteiger partial charge in [0, 0.05) is 30.7 Å². The van der Waals surface area contributed by atoms with Gasteiger partial charge in [-0.2, -0.15) is 4.31 Å². The molecule has 2 N–H and O–H groups in total. The minimum Gasteiger partial charge on any atom is -0.383 e. The zero-order chi connectivity index (χ0) is 15.8. The van der Waals surface area contributed by atoms with Crippen LogP contribution in [0.25, 0.3) is 0 Å². The predicted octanol–water partition coefficient (Wildman–Crippen LogP) is 0.618. The van der Waals surface area contributed by atoms with E-state index in [9.17, 15) is 8.42 Å². The molecule has 21 heavy (non-hydrogen) atoms. The van der Waals surface area contributed by atoms with E-state index in [1.807, 2.05) is 20.8 Å². The van der Waals surface area contributed by atoms with Crippen LogP contribution in [-0.2, 0) is 10.0 Å². The van der Waals surface area contributed by atoms with Gasteiger partial charge in [0.2, 0.25) is 10.0 Å². The third-order valence-corrected chi connectivity index (χ3v) is 6.00. The summed E-state index contributed by atoms with van der Waals surface area (Å²) in [5, 5.41) is 0. The topological polar surface area (TPSA) is 92.4 Å². The minimum atomic E-state index is -3.20. The molecule has 8 heteroatoms. The number of hydrogen-bond donors (Lipinski definition) is 1. The van der Waals surface area contributed by atoms with Crippen LogP contribution < -0.4 is 10.6 Å². The fourth-order valence-corrected chi connectivity index (χ4v) is 4.25. The van der Waals surface area contributed by atoms with Crippen molar-refractivity contribution in [3.05, 3.63) is 11.9 Å². The summed E-state index contributed by atoms with van der Waals surface area (Å²) in [6.45, 7) is 9.05. The summed E-state index contributed by atoms with van der Waals surface area (Å²) in [5.41, 5.74) is 6.18. The molecule has 118 valence electrons. The highest BCUT2D eigenvalue weighted by Crippen LogP contribution is 2.29. The van der Waals surface area contributed by atoms with E-state index in [2.05, 4.69) is 14.9 Å². The van der Waals surface area contributed by atoms with E-state index in [0.717, 1.165) is 11.4 Å². The molecule has 0 amide bonds. The maximum atomic E-state index is 12.2. The van der Waals surface area contributed by atoms with Crippen LogP contribution in [0.3, 0.4) is 0 Å². The van der Waals surface area contributed by atoms with E-state index in [1.54, 1.807) is 11.2 Å². The number of nitrogen functional groups attached to an aromatic ring is 1. The fourth-order valence-electron chi connectivity index (χ4n) is 2.76. The Morgan fingerprint density at radius 3 is 2.57 bits per heavy atom. The number of nitrogens with two attached hydrogens (primary N) is 1. The summed E-state index contributed by atoms with van der Waals surface area (Å²) in [5.74, 6) is 1.36. The lowest BCUT2D eigenvalue weighted by Gasteiger charge is -2.46. The second-order valence-electron chi connectivity index (χ2n) is 5.91. The zero-order valence-electron chi connectivity index (χ0n) is 13.0. The molecule has 0 atom stereocenters. The standard InChI is InChI=1S/C13H23N5O2S/c1-5-21(19,20)18-7-6-17(8-13(18,3)4)12-10(2)11(14)15-9-16-12/h9H,5-8H2,1-4H3,(H2,14,15,16). The van der Waals surface area contributed by atoms with E-state index in [0.29, 0.717) is 25.5 Å². The lowest BCUT2D eigenvalue weighted by atomic mass is 10.0. The Bertz CT molecular complexity index is 629. The normalized spacial score (nSPS) is 19.7. The molecule has 0 aromatic carbocycles. The van der Waals surface area contributed by atoms with E-state index in [-0.39, 0.29) is 5.75 Å². The molecule has 1 aromatic heterocycles. The Morgan fingerprint density at radius 1 is 1.33 bits per heavy atom. The van der Waals surface area contributed by atoms with Crippen LogP contribution in [0.15, 0.2) is 6.33 Å². The van der Waals surface area contributed by atoms with Crippen molar-refractivity contribution >= 4 is 21.7 Å². The van der Waals surface area contributed by atoms with Gasteiger partial charge >= 0.3 is 0 Å². The van der Waals surface area contributed by atoms with Gasteiger partial charge in [-0.25, -0.2) is 18.4 Å². The van der Waals surface area contributed by atoms with E-state index < -0.39 is 15.6 Å². The summed E-state index contributed by atoms with van der Waals surface area (Å²) in [6.07, 6.45) is 1.44. The molecular formula is C13H23N5O2S. The Kier molecular flexibility index (Phi) is 4.12. The number of piperazine rings is 1. The van der Waals surface area contributed by atoms with Gasteiger partial charge in [-0.05, 0) is 27.7 Å². The largest absolute Gasteiger partial charge is 0.383 e. The molecular weight excluding hydrogens is 290 g/mol. The van der Waals surface area contributed by atoms with Crippen molar-refractivity contribution in [3.63, 3.8) is 0 Å². The summed E-state index contributed by atoms with van der Waals surface area (Å²) in [6, 6.07) is 0. The lowest BCUT2D eigenvalue weighted by Crippen LogP contribution is -2.61. The molecule has 1 fully saturated rings. The van der Waals surface area contributed by atoms with Crippen LogP contribution in [0.5, 0.6) is 0 Å². The third-order valence-electron chi connectivity index (χ3n) is 3.92. The third kappa shape index (κ3) is 2.96. The van der Waals surface area contributed by atoms with Crippen LogP contribution in [-0.4, -0.2) is 53.6 Å². The average molecular weight is 313 g/mol. The number of anilines is 2. The molecule has 0 spiro atoms. The molecule has 1 aromatic rings. The Labute approximate surface area is 126 Å². The maximum Gasteiger partial charge on any atom is 0.214 e. The molecule has 7 nitrogen and oxygen atoms in total. The molecule has 0 radical (unpaired) electrons. The molecule has 2 heterocycles. The quantitative estimate of drug-likeness (QED) is 0.879. The summed E-state index contributed by atoms with van der Waals surface area (Å²) >= 11 is 0. The van der Waals surface area contributed by atoms with Gasteiger partial charge in [0.05, 0.1) is 5.75 Å². The number of nitrogens with zero attached hydrogens (tertiary/aromatic N) is 4. The van der Waals surface area contributed by atoms with Crippen LogP contribution in [0.2, 0.25) is 0 Å². The van der Waals surface area contributed by atoms with E-state index in [1.165, 1.54) is 6.33 Å². The monoisotopic (exact) mass is 313 g/mol. The van der Waals surface area contributed by atoms with Crippen molar-refractivity contribution in [2.24, 2.45) is 0 Å². The number of sulfonamides is 1. The molecule has 2 rings (SSSR count). The van der Waals surface area contributed by atoms with Gasteiger partial charge in [-0.1, -0.05) is 0 Å². The summed E-state index contributed by atoms with van der Waals surface area (Å²) in [4.78, 5) is 10.4. The molecule has 0 unspecified atom stereocenters. The van der Waals surface area contributed by atoms with E-state index in [4.69, 9.17) is 5.73 Å². The Hall–Kier alpha value is -1.41. The first kappa shape index (κ1) is 16.0. The van der Waals surface area contributed by atoms with Crippen molar-refractivity contribution in [1.82, 2.24) is 14.3 Å². The highest BCUT2D eigenvalue weighted by molar-refractivity contribution is 7.89. The van der Waals surface area contributed by atoms with Crippen molar-refractivity contribution in [3.8, 4) is 0 Å². The van der Waals surface area contributed by atoms with Gasteiger partial charge in [0.15, 0.2) is 0 Å². The fraction of sp³-hybridized carbons (Fsp3) is 0.692. The highest BCUT2D eigenvalue weighted by atomic mass is 32.2. The van der Waals surface area contributed by atoms with Crippen molar-refractivity contribution in [1.29, 1.82) is 0 Å². The van der Waals surface area contributed by atoms with Gasteiger partial charge in [-0.3, -0.25) is 0 Å². The van der Waals surface area contributed by atoms with Crippen LogP contribution in [0.4, 0.5) is 11.6 Å². The molecule has 1 aliphatic rings. The number of aromatic nitrogens is 2. The molecule has 0 aliphatic carbocycles. The van der Waals surface area contributed by atoms with Crippen molar-refractivity contribution in [2.45, 2.75) is 33.2 Å². The highest BCUT2D eigenvalue weighted by Gasteiger charge is 2.40. The Balaban J connectivity index is 2.29. The smallest absolute Gasteiger partial charge is 0.214 e. The van der Waals surface area contributed by atoms with Gasteiger partial charge < -0.3 is 10.6 Å². The van der Waals surface area contributed by atoms with Crippen LogP contribution in [0.1, 0.15) is 26.3 Å². The van der Waals surface area contributed by atoms with Gasteiger partial charge in [0.25, 0.3) is 0 Å². The second-order valence-corrected chi connectivity index (χ2v) is 8.10. The van der Waals surface area contributed by atoms with Crippen molar-refractivity contribution in [2.75, 3.05) is 36.0 Å². The maximum absolute atomic E-state index is 12.2. The molecule has 0 bridgehead atoms. The van der Waals surface area contributed by atoms with Crippen LogP contribution in [0, 0.1) is 6.92 Å². The zero-order valence-corrected chi connectivity index (χ0v) is 13.8.